The number of ketones is 1. The van der Waals surface area contributed by atoms with Crippen LogP contribution in [0.3, 0.4) is 0 Å². The molecular formula is C41H54N2O2. The molecule has 1 aromatic rings. The third-order valence-corrected chi connectivity index (χ3v) is 9.03. The van der Waals surface area contributed by atoms with E-state index in [0.29, 0.717) is 12.8 Å². The summed E-state index contributed by atoms with van der Waals surface area (Å²) in [7, 11) is 0. The van der Waals surface area contributed by atoms with E-state index in [1.165, 1.54) is 53.7 Å². The highest BCUT2D eigenvalue weighted by molar-refractivity contribution is 5.97. The van der Waals surface area contributed by atoms with E-state index >= 15 is 0 Å². The number of aliphatic imine (C=N–C) groups is 1. The van der Waals surface area contributed by atoms with E-state index in [9.17, 15) is 9.90 Å². The molecule has 4 heteroatoms. The smallest absolute Gasteiger partial charge is 0.161 e. The summed E-state index contributed by atoms with van der Waals surface area (Å²) in [6.45, 7) is 8.48. The molecule has 4 rings (SSSR count). The Balaban J connectivity index is 1.43. The van der Waals surface area contributed by atoms with Gasteiger partial charge in [-0.25, -0.2) is 0 Å². The highest BCUT2D eigenvalue weighted by Crippen LogP contribution is 2.32. The van der Waals surface area contributed by atoms with Crippen molar-refractivity contribution in [2.24, 2.45) is 10.9 Å². The first-order valence-corrected chi connectivity index (χ1v) is 17.4. The first-order chi connectivity index (χ1) is 22.0. The molecule has 0 amide bonds. The molecule has 1 aromatic carbocycles. The van der Waals surface area contributed by atoms with Crippen LogP contribution in [0, 0.1) is 5.92 Å². The topological polar surface area (TPSA) is 52.9 Å². The van der Waals surface area contributed by atoms with E-state index in [4.69, 9.17) is 0 Å². The van der Waals surface area contributed by atoms with E-state index in [1.54, 1.807) is 5.57 Å². The summed E-state index contributed by atoms with van der Waals surface area (Å²) in [5.41, 5.74) is 8.64. The molecule has 3 aliphatic rings. The monoisotopic (exact) mass is 606 g/mol. The van der Waals surface area contributed by atoms with Gasteiger partial charge in [0, 0.05) is 37.1 Å². The van der Waals surface area contributed by atoms with Crippen LogP contribution in [0.5, 0.6) is 0 Å². The van der Waals surface area contributed by atoms with Crippen molar-refractivity contribution in [1.29, 1.82) is 0 Å². The summed E-state index contributed by atoms with van der Waals surface area (Å²) < 4.78 is 0. The average Bonchev–Trinajstić information content (AvgIpc) is 3.04. The fourth-order valence-corrected chi connectivity index (χ4v) is 6.49. The Morgan fingerprint density at radius 2 is 1.82 bits per heavy atom. The molecule has 1 fully saturated rings. The number of aliphatic hydroxyl groups excluding tert-OH is 1. The van der Waals surface area contributed by atoms with Gasteiger partial charge in [0.1, 0.15) is 0 Å². The molecule has 1 N–H and O–H groups in total. The Hall–Kier alpha value is -3.50. The lowest BCUT2D eigenvalue weighted by atomic mass is 9.76. The van der Waals surface area contributed by atoms with Gasteiger partial charge in [0.2, 0.25) is 0 Å². The number of nitrogens with zero attached hydrogens (tertiary/aromatic N) is 2. The van der Waals surface area contributed by atoms with Gasteiger partial charge >= 0.3 is 0 Å². The number of aliphatic hydroxyl groups is 1. The predicted octanol–water partition coefficient (Wildman–Crippen LogP) is 9.96. The lowest BCUT2D eigenvalue weighted by Gasteiger charge is -2.32. The number of benzene rings is 1. The molecule has 0 atom stereocenters. The Bertz CT molecular complexity index is 1350. The summed E-state index contributed by atoms with van der Waals surface area (Å²) in [5.74, 6) is 0.280. The highest BCUT2D eigenvalue weighted by Gasteiger charge is 2.34. The quantitative estimate of drug-likeness (QED) is 0.190. The van der Waals surface area contributed by atoms with Gasteiger partial charge in [0.15, 0.2) is 5.78 Å². The molecule has 2 aliphatic heterocycles. The summed E-state index contributed by atoms with van der Waals surface area (Å²) in [5, 5.41) is 9.65. The second-order valence-corrected chi connectivity index (χ2v) is 12.7. The number of hydrogen-bond donors (Lipinski definition) is 1. The largest absolute Gasteiger partial charge is 0.393 e. The van der Waals surface area contributed by atoms with Gasteiger partial charge in [-0.05, 0) is 111 Å². The number of carbonyl (C=O) groups excluding carboxylic acids is 1. The van der Waals surface area contributed by atoms with E-state index in [-0.39, 0.29) is 17.8 Å². The fourth-order valence-electron chi connectivity index (χ4n) is 6.49. The maximum absolute atomic E-state index is 12.9. The molecule has 0 bridgehead atoms. The number of carbonyl (C=O) groups is 1. The van der Waals surface area contributed by atoms with Crippen molar-refractivity contribution >= 4 is 23.6 Å². The molecule has 0 spiro atoms. The normalized spacial score (nSPS) is 24.8. The van der Waals surface area contributed by atoms with Gasteiger partial charge in [-0.3, -0.25) is 9.79 Å². The fraction of sp³-hybridized carbons (Fsp3) is 0.463. The second-order valence-electron chi connectivity index (χ2n) is 12.7. The molecule has 45 heavy (non-hydrogen) atoms. The SMILES string of the molecule is CCCC(=CCC/C=C/c1ccc(C2=CC/C=C/N=C/C=C(\N3CC/C=C(\C(=O)C4CC(O)C4)CCC3)C(C)=C2)cc1)CCC. The molecule has 1 saturated carbocycles. The molecule has 2 heterocycles. The van der Waals surface area contributed by atoms with Crippen LogP contribution in [0.4, 0.5) is 0 Å². The predicted molar refractivity (Wildman–Crippen MR) is 192 cm³/mol. The minimum absolute atomic E-state index is 0.0213. The van der Waals surface area contributed by atoms with Gasteiger partial charge in [-0.15, -0.1) is 0 Å². The zero-order chi connectivity index (χ0) is 31.9. The third-order valence-electron chi connectivity index (χ3n) is 9.03. The number of hydrogen-bond acceptors (Lipinski definition) is 4. The van der Waals surface area contributed by atoms with Gasteiger partial charge in [0.25, 0.3) is 0 Å². The Morgan fingerprint density at radius 3 is 2.56 bits per heavy atom. The Kier molecular flexibility index (Phi) is 14.1. The Morgan fingerprint density at radius 1 is 1.04 bits per heavy atom. The summed E-state index contributed by atoms with van der Waals surface area (Å²) in [6.07, 6.45) is 33.2. The molecule has 0 saturated heterocycles. The van der Waals surface area contributed by atoms with Crippen LogP contribution in [-0.4, -0.2) is 41.2 Å². The third kappa shape index (κ3) is 10.8. The molecule has 0 aromatic heterocycles. The minimum atomic E-state index is -0.292. The van der Waals surface area contributed by atoms with E-state index in [2.05, 4.69) is 104 Å². The van der Waals surface area contributed by atoms with E-state index < -0.39 is 0 Å². The molecular weight excluding hydrogens is 552 g/mol. The van der Waals surface area contributed by atoms with Crippen LogP contribution >= 0.6 is 0 Å². The van der Waals surface area contributed by atoms with Crippen molar-refractivity contribution in [3.63, 3.8) is 0 Å². The minimum Gasteiger partial charge on any atom is -0.393 e. The van der Waals surface area contributed by atoms with Gasteiger partial charge in [0.05, 0.1) is 6.10 Å². The van der Waals surface area contributed by atoms with Crippen LogP contribution in [0.25, 0.3) is 11.6 Å². The van der Waals surface area contributed by atoms with Crippen molar-refractivity contribution < 1.29 is 9.90 Å². The lowest BCUT2D eigenvalue weighted by Crippen LogP contribution is -2.35. The zero-order valence-electron chi connectivity index (χ0n) is 27.9. The first-order valence-electron chi connectivity index (χ1n) is 17.4. The van der Waals surface area contributed by atoms with Crippen LogP contribution in [-0.2, 0) is 4.79 Å². The second kappa shape index (κ2) is 18.5. The summed E-state index contributed by atoms with van der Waals surface area (Å²) in [6, 6.07) is 8.92. The van der Waals surface area contributed by atoms with Crippen molar-refractivity contribution in [3.05, 3.63) is 107 Å². The molecule has 0 unspecified atom stereocenters. The Labute approximate surface area is 272 Å². The number of unbranched alkanes of at least 4 members (excludes halogenated alkanes) is 1. The van der Waals surface area contributed by atoms with Crippen LogP contribution in [0.15, 0.2) is 100 Å². The van der Waals surface area contributed by atoms with Crippen LogP contribution in [0.2, 0.25) is 0 Å². The first kappa shape index (κ1) is 34.4. The van der Waals surface area contributed by atoms with Crippen LogP contribution in [0.1, 0.15) is 109 Å². The molecule has 1 aliphatic carbocycles. The lowest BCUT2D eigenvalue weighted by molar-refractivity contribution is -0.125. The van der Waals surface area contributed by atoms with Crippen molar-refractivity contribution in [2.75, 3.05) is 13.1 Å². The zero-order valence-corrected chi connectivity index (χ0v) is 27.9. The van der Waals surface area contributed by atoms with Crippen LogP contribution < -0.4 is 0 Å². The average molecular weight is 607 g/mol. The summed E-state index contributed by atoms with van der Waals surface area (Å²) >= 11 is 0. The van der Waals surface area contributed by atoms with Gasteiger partial charge in [-0.1, -0.05) is 93.0 Å². The molecule has 240 valence electrons. The van der Waals surface area contributed by atoms with Gasteiger partial charge < -0.3 is 10.0 Å². The highest BCUT2D eigenvalue weighted by atomic mass is 16.3. The molecule has 4 nitrogen and oxygen atoms in total. The van der Waals surface area contributed by atoms with Crippen molar-refractivity contribution in [2.45, 2.75) is 104 Å². The maximum Gasteiger partial charge on any atom is 0.161 e. The van der Waals surface area contributed by atoms with Gasteiger partial charge in [-0.2, -0.15) is 0 Å². The molecule has 0 radical (unpaired) electrons. The summed E-state index contributed by atoms with van der Waals surface area (Å²) in [4.78, 5) is 19.8. The number of allylic oxidation sites excluding steroid dienone is 10. The van der Waals surface area contributed by atoms with Crippen molar-refractivity contribution in [1.82, 2.24) is 4.90 Å². The van der Waals surface area contributed by atoms with E-state index in [0.717, 1.165) is 57.2 Å². The maximum atomic E-state index is 12.9. The number of rotatable bonds is 12. The van der Waals surface area contributed by atoms with Crippen molar-refractivity contribution in [3.8, 4) is 0 Å². The number of Topliss-reactive ketones (excluding diaryl/α,β-unsaturated/α-hetero) is 1. The van der Waals surface area contributed by atoms with E-state index in [1.807, 2.05) is 12.4 Å². The standard InChI is InChI=1S/C41H54N2O2/c1-4-13-33(14-5-2)15-7-6-8-16-34-20-22-35(23-21-34)37-17-9-10-25-42-26-24-40(32(3)29-37)43-27-11-18-36(19-12-28-43)41(45)38-30-39(44)31-38/h8,10,15-18,20-26,29,38-39,44H,4-7,9,11-14,19,27-28,30-31H2,1-3H3/b16-8+,25-10+,32-29?,36-18-,37-17?,40-24-,42-26+.